The van der Waals surface area contributed by atoms with Crippen LogP contribution in [-0.2, 0) is 26.2 Å². The van der Waals surface area contributed by atoms with Gasteiger partial charge in [0, 0.05) is 47.8 Å². The molecule has 10 heteroatoms. The molecule has 1 fully saturated rings. The lowest BCUT2D eigenvalue weighted by Crippen LogP contribution is -2.36. The summed E-state index contributed by atoms with van der Waals surface area (Å²) in [6, 6.07) is 17.0. The molecular formula is C32H44N10+2. The van der Waals surface area contributed by atoms with Crippen molar-refractivity contribution in [1.82, 2.24) is 9.13 Å². The second-order valence-electron chi connectivity index (χ2n) is 10.5. The highest BCUT2D eigenvalue weighted by Crippen LogP contribution is 2.25. The summed E-state index contributed by atoms with van der Waals surface area (Å²) in [6.45, 7) is 16.1. The molecule has 0 atom stereocenters. The summed E-state index contributed by atoms with van der Waals surface area (Å²) in [5.74, 6) is 1.76. The molecule has 1 saturated heterocycles. The Balaban J connectivity index is 1.16. The molecular weight excluding hydrogens is 524 g/mol. The van der Waals surface area contributed by atoms with Gasteiger partial charge in [-0.05, 0) is 89.1 Å². The maximum absolute atomic E-state index is 4.54. The summed E-state index contributed by atoms with van der Waals surface area (Å²) in [6.07, 6.45) is 10.4. The molecule has 0 unspecified atom stereocenters. The second-order valence-corrected chi connectivity index (χ2v) is 10.5. The van der Waals surface area contributed by atoms with Crippen LogP contribution in [0.4, 0.5) is 34.6 Å². The Kier molecular flexibility index (Phi) is 9.74. The smallest absolute Gasteiger partial charge is 0.371 e. The van der Waals surface area contributed by atoms with Crippen molar-refractivity contribution >= 4 is 34.6 Å². The van der Waals surface area contributed by atoms with E-state index in [0.29, 0.717) is 0 Å². The topological polar surface area (TPSA) is 73.5 Å². The molecule has 0 spiro atoms. The van der Waals surface area contributed by atoms with Crippen LogP contribution in [0.2, 0.25) is 0 Å². The van der Waals surface area contributed by atoms with Crippen molar-refractivity contribution in [3.63, 3.8) is 0 Å². The number of aromatic nitrogens is 4. The van der Waals surface area contributed by atoms with Crippen molar-refractivity contribution in [3.8, 4) is 0 Å². The third-order valence-electron chi connectivity index (χ3n) is 7.90. The first-order chi connectivity index (χ1) is 20.6. The first kappa shape index (κ1) is 29.2. The molecule has 5 rings (SSSR count). The SMILES string of the molecule is CCn1cc[n+](CC)c1N=Nc1ccc(N2CCCN(c3ccc(N=Nc4n(CC)cc[n+]4CC)cc3)CCC2)cc1. The van der Waals surface area contributed by atoms with Crippen molar-refractivity contribution in [1.29, 1.82) is 0 Å². The molecule has 0 radical (unpaired) electrons. The fourth-order valence-corrected chi connectivity index (χ4v) is 5.45. The highest BCUT2D eigenvalue weighted by atomic mass is 15.3. The fraction of sp³-hybridized carbons (Fsp3) is 0.438. The molecule has 10 nitrogen and oxygen atoms in total. The molecule has 0 N–H and O–H groups in total. The van der Waals surface area contributed by atoms with Crippen LogP contribution in [0, 0.1) is 0 Å². The van der Waals surface area contributed by atoms with Gasteiger partial charge in [-0.15, -0.1) is 0 Å². The van der Waals surface area contributed by atoms with Crippen LogP contribution >= 0.6 is 0 Å². The molecule has 2 aromatic carbocycles. The van der Waals surface area contributed by atoms with Gasteiger partial charge >= 0.3 is 11.9 Å². The predicted octanol–water partition coefficient (Wildman–Crippen LogP) is 6.88. The van der Waals surface area contributed by atoms with Gasteiger partial charge in [0.25, 0.3) is 0 Å². The number of hydrogen-bond acceptors (Lipinski definition) is 6. The summed E-state index contributed by atoms with van der Waals surface area (Å²) < 4.78 is 8.44. The van der Waals surface area contributed by atoms with Gasteiger partial charge in [0.1, 0.15) is 11.4 Å². The molecule has 1 aliphatic rings. The number of anilines is 2. The molecule has 3 heterocycles. The Morgan fingerprint density at radius 1 is 0.548 bits per heavy atom. The van der Waals surface area contributed by atoms with E-state index in [2.05, 4.69) is 150 Å². The van der Waals surface area contributed by atoms with E-state index in [4.69, 9.17) is 0 Å². The highest BCUT2D eigenvalue weighted by molar-refractivity contribution is 5.54. The summed E-state index contributed by atoms with van der Waals surface area (Å²) in [5.41, 5.74) is 4.23. The van der Waals surface area contributed by atoms with E-state index in [-0.39, 0.29) is 0 Å². The van der Waals surface area contributed by atoms with Crippen LogP contribution in [0.25, 0.3) is 0 Å². The van der Waals surface area contributed by atoms with E-state index in [1.165, 1.54) is 11.4 Å². The van der Waals surface area contributed by atoms with E-state index in [9.17, 15) is 0 Å². The van der Waals surface area contributed by atoms with Crippen LogP contribution in [0.15, 0.2) is 93.8 Å². The standard InChI is InChI=1S/C32H44N10/c1-5-37-23-24-38(6-2)31(37)35-33-27-11-15-29(16-12-27)41-19-9-21-42(22-10-20-41)30-17-13-28(14-18-30)34-36-32-39(7-3)25-26-40(32)8-4/h11-18,23-26H,5-10,19-22H2,1-4H3/q+2. The summed E-state index contributed by atoms with van der Waals surface area (Å²) >= 11 is 0. The Hall–Kier alpha value is -4.34. The van der Waals surface area contributed by atoms with Crippen molar-refractivity contribution in [3.05, 3.63) is 73.3 Å². The van der Waals surface area contributed by atoms with E-state index in [1.807, 2.05) is 0 Å². The molecule has 4 aromatic rings. The molecule has 0 saturated carbocycles. The lowest BCUT2D eigenvalue weighted by molar-refractivity contribution is -0.680. The summed E-state index contributed by atoms with van der Waals surface area (Å²) in [7, 11) is 0. The number of imidazole rings is 2. The molecule has 1 aliphatic heterocycles. The van der Waals surface area contributed by atoms with Crippen LogP contribution in [0.1, 0.15) is 40.5 Å². The largest absolute Gasteiger partial charge is 0.421 e. The predicted molar refractivity (Wildman–Crippen MR) is 167 cm³/mol. The molecule has 0 aliphatic carbocycles. The second kappa shape index (κ2) is 14.0. The quantitative estimate of drug-likeness (QED) is 0.154. The molecule has 42 heavy (non-hydrogen) atoms. The molecule has 220 valence electrons. The minimum atomic E-state index is 0.871. The number of nitrogens with zero attached hydrogens (tertiary/aromatic N) is 10. The first-order valence-corrected chi connectivity index (χ1v) is 15.3. The van der Waals surface area contributed by atoms with Gasteiger partial charge in [0.15, 0.2) is 0 Å². The Morgan fingerprint density at radius 3 is 1.26 bits per heavy atom. The van der Waals surface area contributed by atoms with Crippen LogP contribution in [0.5, 0.6) is 0 Å². The first-order valence-electron chi connectivity index (χ1n) is 15.3. The molecule has 0 bridgehead atoms. The minimum Gasteiger partial charge on any atom is -0.371 e. The highest BCUT2D eigenvalue weighted by Gasteiger charge is 2.17. The summed E-state index contributed by atoms with van der Waals surface area (Å²) in [5, 5.41) is 18.1. The van der Waals surface area contributed by atoms with Gasteiger partial charge in [0.2, 0.25) is 0 Å². The number of azo groups is 2. The zero-order chi connectivity index (χ0) is 29.3. The van der Waals surface area contributed by atoms with E-state index in [0.717, 1.165) is 88.5 Å². The average Bonchev–Trinajstić information content (AvgIpc) is 3.62. The van der Waals surface area contributed by atoms with Crippen molar-refractivity contribution in [2.45, 2.75) is 66.7 Å². The Bertz CT molecular complexity index is 1320. The van der Waals surface area contributed by atoms with Crippen molar-refractivity contribution in [2.24, 2.45) is 20.5 Å². The maximum Gasteiger partial charge on any atom is 0.421 e. The molecule has 0 amide bonds. The van der Waals surface area contributed by atoms with Gasteiger partial charge in [-0.3, -0.25) is 0 Å². The summed E-state index contributed by atoms with van der Waals surface area (Å²) in [4.78, 5) is 4.98. The van der Waals surface area contributed by atoms with E-state index < -0.39 is 0 Å². The lowest BCUT2D eigenvalue weighted by atomic mass is 10.2. The monoisotopic (exact) mass is 568 g/mol. The minimum absolute atomic E-state index is 0.871. The van der Waals surface area contributed by atoms with Gasteiger partial charge in [-0.25, -0.2) is 18.3 Å². The van der Waals surface area contributed by atoms with Crippen molar-refractivity contribution in [2.75, 3.05) is 36.0 Å². The van der Waals surface area contributed by atoms with Gasteiger partial charge in [-0.2, -0.15) is 0 Å². The number of benzene rings is 2. The lowest BCUT2D eigenvalue weighted by Gasteiger charge is -2.33. The normalized spacial score (nSPS) is 14.7. The van der Waals surface area contributed by atoms with Crippen LogP contribution in [-0.4, -0.2) is 35.3 Å². The zero-order valence-corrected chi connectivity index (χ0v) is 25.5. The van der Waals surface area contributed by atoms with E-state index >= 15 is 0 Å². The number of hydrogen-bond donors (Lipinski definition) is 0. The number of aryl methyl sites for hydroxylation is 4. The fourth-order valence-electron chi connectivity index (χ4n) is 5.45. The van der Waals surface area contributed by atoms with E-state index in [1.54, 1.807) is 0 Å². The third-order valence-corrected chi connectivity index (χ3v) is 7.90. The van der Waals surface area contributed by atoms with Gasteiger partial charge < -0.3 is 9.80 Å². The number of rotatable bonds is 10. The Morgan fingerprint density at radius 2 is 0.929 bits per heavy atom. The third kappa shape index (κ3) is 6.75. The zero-order valence-electron chi connectivity index (χ0n) is 25.5. The van der Waals surface area contributed by atoms with Crippen molar-refractivity contribution < 1.29 is 9.13 Å². The van der Waals surface area contributed by atoms with Crippen LogP contribution < -0.4 is 18.9 Å². The van der Waals surface area contributed by atoms with Gasteiger partial charge in [-0.1, -0.05) is 10.2 Å². The maximum atomic E-state index is 4.54. The average molecular weight is 569 g/mol. The van der Waals surface area contributed by atoms with Gasteiger partial charge in [0.05, 0.1) is 51.0 Å². The van der Waals surface area contributed by atoms with Crippen LogP contribution in [0.3, 0.4) is 0 Å². The molecule has 2 aromatic heterocycles. The Labute approximate surface area is 249 Å².